The number of hydrogen-bond acceptors (Lipinski definition) is 3. The van der Waals surface area contributed by atoms with E-state index in [2.05, 4.69) is 0 Å². The second-order valence-electron chi connectivity index (χ2n) is 6.40. The van der Waals surface area contributed by atoms with E-state index in [0.29, 0.717) is 29.9 Å². The highest BCUT2D eigenvalue weighted by molar-refractivity contribution is 6.23. The van der Waals surface area contributed by atoms with Gasteiger partial charge in [-0.15, -0.1) is 0 Å². The third-order valence-corrected chi connectivity index (χ3v) is 5.30. The number of anilines is 1. The molecule has 4 fully saturated rings. The number of nitrogens with zero attached hydrogens (tertiary/aromatic N) is 1. The zero-order valence-corrected chi connectivity index (χ0v) is 11.9. The van der Waals surface area contributed by atoms with E-state index >= 15 is 0 Å². The maximum absolute atomic E-state index is 14.0. The van der Waals surface area contributed by atoms with Gasteiger partial charge in [-0.2, -0.15) is 0 Å². The number of ketones is 1. The Balaban J connectivity index is 1.80. The molecule has 4 atom stereocenters. The molecule has 120 valence electrons. The maximum atomic E-state index is 14.0. The molecule has 0 N–H and O–H groups in total. The Hall–Kier alpha value is -2.18. The van der Waals surface area contributed by atoms with Gasteiger partial charge >= 0.3 is 0 Å². The number of benzene rings is 1. The van der Waals surface area contributed by atoms with Crippen LogP contribution in [0, 0.1) is 41.1 Å². The summed E-state index contributed by atoms with van der Waals surface area (Å²) < 4.78 is 40.5. The Labute approximate surface area is 129 Å². The topological polar surface area (TPSA) is 54.5 Å². The largest absolute Gasteiger partial charge is 0.299 e. The van der Waals surface area contributed by atoms with Crippen molar-refractivity contribution < 1.29 is 27.6 Å². The molecule has 3 saturated carbocycles. The van der Waals surface area contributed by atoms with Gasteiger partial charge in [0.15, 0.2) is 17.5 Å². The van der Waals surface area contributed by atoms with Crippen LogP contribution in [0.2, 0.25) is 0 Å². The van der Waals surface area contributed by atoms with E-state index in [1.54, 1.807) is 0 Å². The molecule has 1 heterocycles. The number of halogens is 3. The number of carbonyl (C=O) groups is 3. The fourth-order valence-electron chi connectivity index (χ4n) is 4.30. The number of carbonyl (C=O) groups excluding carboxylic acids is 3. The number of imide groups is 1. The molecular weight excluding hydrogens is 311 g/mol. The minimum Gasteiger partial charge on any atom is -0.299 e. The van der Waals surface area contributed by atoms with Gasteiger partial charge in [-0.3, -0.25) is 14.4 Å². The van der Waals surface area contributed by atoms with Crippen LogP contribution in [0.1, 0.15) is 19.3 Å². The average molecular weight is 323 g/mol. The molecule has 4 nitrogen and oxygen atoms in total. The summed E-state index contributed by atoms with van der Waals surface area (Å²) >= 11 is 0. The van der Waals surface area contributed by atoms with Gasteiger partial charge in [0.2, 0.25) is 11.8 Å². The molecule has 0 unspecified atom stereocenters. The minimum absolute atomic E-state index is 0.0451. The Morgan fingerprint density at radius 1 is 0.870 bits per heavy atom. The summed E-state index contributed by atoms with van der Waals surface area (Å²) in [5, 5.41) is 0. The molecule has 0 spiro atoms. The molecule has 23 heavy (non-hydrogen) atoms. The Bertz CT molecular complexity index is 763. The van der Waals surface area contributed by atoms with Gasteiger partial charge in [-0.1, -0.05) is 0 Å². The SMILES string of the molecule is O=C1C[C@H]2CC[C@@H]1[C@H]1C(=O)N(c3cc(F)c(F)cc3F)C(=O)[C@@H]21. The quantitative estimate of drug-likeness (QED) is 0.588. The van der Waals surface area contributed by atoms with Crippen LogP contribution in [0.15, 0.2) is 12.1 Å². The lowest BCUT2D eigenvalue weighted by Gasteiger charge is -2.41. The molecule has 1 aromatic rings. The van der Waals surface area contributed by atoms with Gasteiger partial charge < -0.3 is 0 Å². The molecule has 5 rings (SSSR count). The van der Waals surface area contributed by atoms with Crippen LogP contribution in [0.4, 0.5) is 18.9 Å². The first-order chi connectivity index (χ1) is 10.9. The lowest BCUT2D eigenvalue weighted by Crippen LogP contribution is -2.46. The van der Waals surface area contributed by atoms with Crippen LogP contribution < -0.4 is 4.90 Å². The molecule has 3 aliphatic carbocycles. The number of amides is 2. The van der Waals surface area contributed by atoms with Crippen molar-refractivity contribution in [1.82, 2.24) is 0 Å². The monoisotopic (exact) mass is 323 g/mol. The molecule has 7 heteroatoms. The second kappa shape index (κ2) is 4.66. The Morgan fingerprint density at radius 3 is 2.22 bits per heavy atom. The normalized spacial score (nSPS) is 32.7. The molecular formula is C16H12F3NO3. The zero-order chi connectivity index (χ0) is 16.5. The second-order valence-corrected chi connectivity index (χ2v) is 6.40. The maximum Gasteiger partial charge on any atom is 0.238 e. The molecule has 1 aromatic carbocycles. The summed E-state index contributed by atoms with van der Waals surface area (Å²) in [5.41, 5.74) is -0.583. The van der Waals surface area contributed by atoms with Gasteiger partial charge in [0.05, 0.1) is 17.5 Å². The van der Waals surface area contributed by atoms with Gasteiger partial charge in [0.1, 0.15) is 5.78 Å². The molecule has 2 bridgehead atoms. The van der Waals surface area contributed by atoms with E-state index < -0.39 is 52.7 Å². The van der Waals surface area contributed by atoms with Gasteiger partial charge in [-0.05, 0) is 18.8 Å². The van der Waals surface area contributed by atoms with E-state index in [9.17, 15) is 27.6 Å². The summed E-state index contributed by atoms with van der Waals surface area (Å²) in [5.74, 6) is -7.47. The first kappa shape index (κ1) is 14.4. The first-order valence-corrected chi connectivity index (χ1v) is 7.45. The van der Waals surface area contributed by atoms with Gasteiger partial charge in [0.25, 0.3) is 0 Å². The molecule has 2 amide bonds. The number of rotatable bonds is 1. The Kier molecular flexibility index (Phi) is 2.92. The van der Waals surface area contributed by atoms with Crippen LogP contribution in [0.5, 0.6) is 0 Å². The van der Waals surface area contributed by atoms with E-state index in [1.807, 2.05) is 0 Å². The van der Waals surface area contributed by atoms with Crippen molar-refractivity contribution in [3.63, 3.8) is 0 Å². The standard InChI is InChI=1S/C16H12F3NO3/c17-8-4-10(19)11(5-9(8)18)20-15(22)13-6-1-2-7(12(21)3-6)14(13)16(20)23/h4-7,13-14H,1-3H2/t6-,7+,13+,14-/m1/s1. The van der Waals surface area contributed by atoms with E-state index in [-0.39, 0.29) is 18.1 Å². The average Bonchev–Trinajstić information content (AvgIpc) is 2.77. The molecule has 1 aliphatic heterocycles. The lowest BCUT2D eigenvalue weighted by atomic mass is 9.59. The lowest BCUT2D eigenvalue weighted by molar-refractivity contribution is -0.143. The highest BCUT2D eigenvalue weighted by atomic mass is 19.2. The van der Waals surface area contributed by atoms with Crippen molar-refractivity contribution in [3.8, 4) is 0 Å². The van der Waals surface area contributed by atoms with Gasteiger partial charge in [-0.25, -0.2) is 18.1 Å². The third-order valence-electron chi connectivity index (χ3n) is 5.30. The van der Waals surface area contributed by atoms with Crippen molar-refractivity contribution in [2.24, 2.45) is 23.7 Å². The van der Waals surface area contributed by atoms with Crippen molar-refractivity contribution in [2.45, 2.75) is 19.3 Å². The van der Waals surface area contributed by atoms with Crippen LogP contribution >= 0.6 is 0 Å². The molecule has 0 aromatic heterocycles. The number of fused-ring (bicyclic) bond motifs is 2. The van der Waals surface area contributed by atoms with Crippen molar-refractivity contribution in [3.05, 3.63) is 29.6 Å². The zero-order valence-electron chi connectivity index (χ0n) is 11.9. The van der Waals surface area contributed by atoms with Crippen molar-refractivity contribution in [2.75, 3.05) is 4.90 Å². The van der Waals surface area contributed by atoms with E-state index in [4.69, 9.17) is 0 Å². The number of Topliss-reactive ketones (excluding diaryl/α,β-unsaturated/α-hetero) is 1. The van der Waals surface area contributed by atoms with Gasteiger partial charge in [0, 0.05) is 24.5 Å². The smallest absolute Gasteiger partial charge is 0.238 e. The fourth-order valence-corrected chi connectivity index (χ4v) is 4.30. The molecule has 4 aliphatic rings. The van der Waals surface area contributed by atoms with E-state index in [1.165, 1.54) is 0 Å². The summed E-state index contributed by atoms with van der Waals surface area (Å²) in [6.07, 6.45) is 1.46. The summed E-state index contributed by atoms with van der Waals surface area (Å²) in [4.78, 5) is 37.8. The fraction of sp³-hybridized carbons (Fsp3) is 0.438. The van der Waals surface area contributed by atoms with Crippen LogP contribution in [-0.4, -0.2) is 17.6 Å². The number of hydrogen-bond donors (Lipinski definition) is 0. The van der Waals surface area contributed by atoms with Crippen LogP contribution in [-0.2, 0) is 14.4 Å². The summed E-state index contributed by atoms with van der Waals surface area (Å²) in [7, 11) is 0. The predicted octanol–water partition coefficient (Wildman–Crippen LogP) is 2.21. The van der Waals surface area contributed by atoms with Crippen molar-refractivity contribution in [1.29, 1.82) is 0 Å². The third kappa shape index (κ3) is 1.82. The van der Waals surface area contributed by atoms with Crippen molar-refractivity contribution >= 4 is 23.3 Å². The Morgan fingerprint density at radius 2 is 1.52 bits per heavy atom. The van der Waals surface area contributed by atoms with Crippen LogP contribution in [0.3, 0.4) is 0 Å². The highest BCUT2D eigenvalue weighted by Gasteiger charge is 2.61. The summed E-state index contributed by atoms with van der Waals surface area (Å²) in [6, 6.07) is 0.828. The predicted molar refractivity (Wildman–Crippen MR) is 71.6 cm³/mol. The first-order valence-electron chi connectivity index (χ1n) is 7.45. The molecule has 0 radical (unpaired) electrons. The summed E-state index contributed by atoms with van der Waals surface area (Å²) in [6.45, 7) is 0. The van der Waals surface area contributed by atoms with Crippen LogP contribution in [0.25, 0.3) is 0 Å². The van der Waals surface area contributed by atoms with E-state index in [0.717, 1.165) is 0 Å². The highest BCUT2D eigenvalue weighted by Crippen LogP contribution is 2.52. The molecule has 1 saturated heterocycles. The minimum atomic E-state index is -1.39.